The van der Waals surface area contributed by atoms with E-state index in [0.717, 1.165) is 12.3 Å². The first kappa shape index (κ1) is 13.5. The zero-order chi connectivity index (χ0) is 12.7. The molecule has 6 nitrogen and oxygen atoms in total. The molecular weight excluding hydrogens is 226 g/mol. The Morgan fingerprint density at radius 3 is 2.94 bits per heavy atom. The molecule has 0 spiro atoms. The van der Waals surface area contributed by atoms with Gasteiger partial charge in [0, 0.05) is 6.54 Å². The third kappa shape index (κ3) is 4.86. The number of ether oxygens (including phenoxy) is 3. The highest BCUT2D eigenvalue weighted by atomic mass is 16.6. The number of morpholine rings is 1. The SMILES string of the molecule is CCOC(=O)C=COC(=O)N1CCOC(C)C1. The van der Waals surface area contributed by atoms with E-state index < -0.39 is 12.1 Å². The minimum atomic E-state index is -0.532. The van der Waals surface area contributed by atoms with Gasteiger partial charge in [0.05, 0.1) is 31.9 Å². The van der Waals surface area contributed by atoms with Crippen LogP contribution in [0.1, 0.15) is 13.8 Å². The van der Waals surface area contributed by atoms with Gasteiger partial charge in [0.1, 0.15) is 6.26 Å². The molecule has 0 N–H and O–H groups in total. The Morgan fingerprint density at radius 2 is 2.29 bits per heavy atom. The van der Waals surface area contributed by atoms with Crippen molar-refractivity contribution in [2.75, 3.05) is 26.3 Å². The van der Waals surface area contributed by atoms with Crippen LogP contribution in [0.4, 0.5) is 4.79 Å². The van der Waals surface area contributed by atoms with Crippen LogP contribution in [-0.2, 0) is 19.0 Å². The van der Waals surface area contributed by atoms with E-state index in [-0.39, 0.29) is 12.7 Å². The molecule has 1 rings (SSSR count). The smallest absolute Gasteiger partial charge is 0.414 e. The van der Waals surface area contributed by atoms with E-state index in [9.17, 15) is 9.59 Å². The highest BCUT2D eigenvalue weighted by molar-refractivity contribution is 5.82. The quantitative estimate of drug-likeness (QED) is 0.419. The molecule has 1 aliphatic heterocycles. The molecule has 1 aliphatic rings. The molecule has 1 fully saturated rings. The summed E-state index contributed by atoms with van der Waals surface area (Å²) >= 11 is 0. The molecule has 0 saturated carbocycles. The lowest BCUT2D eigenvalue weighted by Crippen LogP contribution is -2.44. The topological polar surface area (TPSA) is 65.1 Å². The van der Waals surface area contributed by atoms with Crippen LogP contribution in [0.2, 0.25) is 0 Å². The third-order valence-corrected chi connectivity index (χ3v) is 2.16. The number of carbonyl (C=O) groups excluding carboxylic acids is 2. The van der Waals surface area contributed by atoms with E-state index in [1.807, 2.05) is 6.92 Å². The van der Waals surface area contributed by atoms with E-state index in [2.05, 4.69) is 4.74 Å². The fourth-order valence-electron chi connectivity index (χ4n) is 1.40. The number of esters is 1. The van der Waals surface area contributed by atoms with Crippen LogP contribution < -0.4 is 0 Å². The summed E-state index contributed by atoms with van der Waals surface area (Å²) in [6.45, 7) is 5.36. The first-order valence-corrected chi connectivity index (χ1v) is 5.54. The maximum absolute atomic E-state index is 11.5. The van der Waals surface area contributed by atoms with Crippen molar-refractivity contribution in [1.82, 2.24) is 4.90 Å². The van der Waals surface area contributed by atoms with Crippen molar-refractivity contribution in [2.45, 2.75) is 20.0 Å². The highest BCUT2D eigenvalue weighted by Crippen LogP contribution is 2.06. The van der Waals surface area contributed by atoms with Crippen LogP contribution in [-0.4, -0.2) is 49.4 Å². The second kappa shape index (κ2) is 6.90. The zero-order valence-corrected chi connectivity index (χ0v) is 10.0. The Morgan fingerprint density at radius 1 is 1.53 bits per heavy atom. The zero-order valence-electron chi connectivity index (χ0n) is 10.0. The van der Waals surface area contributed by atoms with Gasteiger partial charge in [-0.3, -0.25) is 0 Å². The molecule has 1 heterocycles. The molecular formula is C11H17NO5. The molecule has 0 aromatic carbocycles. The van der Waals surface area contributed by atoms with Crippen LogP contribution in [0.3, 0.4) is 0 Å². The van der Waals surface area contributed by atoms with Gasteiger partial charge in [0.2, 0.25) is 0 Å². The summed E-state index contributed by atoms with van der Waals surface area (Å²) in [5.74, 6) is -0.532. The second-order valence-corrected chi connectivity index (χ2v) is 3.57. The van der Waals surface area contributed by atoms with Crippen molar-refractivity contribution >= 4 is 12.1 Å². The van der Waals surface area contributed by atoms with Gasteiger partial charge in [0.15, 0.2) is 0 Å². The molecule has 0 aromatic rings. The van der Waals surface area contributed by atoms with Gasteiger partial charge < -0.3 is 19.1 Å². The van der Waals surface area contributed by atoms with E-state index in [0.29, 0.717) is 19.7 Å². The minimum Gasteiger partial charge on any atom is -0.463 e. The normalized spacial score (nSPS) is 20.4. The van der Waals surface area contributed by atoms with E-state index in [1.165, 1.54) is 4.90 Å². The van der Waals surface area contributed by atoms with Gasteiger partial charge >= 0.3 is 12.1 Å². The highest BCUT2D eigenvalue weighted by Gasteiger charge is 2.21. The molecule has 17 heavy (non-hydrogen) atoms. The van der Waals surface area contributed by atoms with Crippen molar-refractivity contribution in [3.05, 3.63) is 12.3 Å². The fourth-order valence-corrected chi connectivity index (χ4v) is 1.40. The summed E-state index contributed by atoms with van der Waals surface area (Å²) in [7, 11) is 0. The summed E-state index contributed by atoms with van der Waals surface area (Å²) in [4.78, 5) is 24.0. The summed E-state index contributed by atoms with van der Waals surface area (Å²) in [6.07, 6.45) is 1.64. The molecule has 0 aromatic heterocycles. The van der Waals surface area contributed by atoms with Crippen LogP contribution in [0.25, 0.3) is 0 Å². The molecule has 6 heteroatoms. The first-order chi connectivity index (χ1) is 8.13. The predicted molar refractivity (Wildman–Crippen MR) is 59.2 cm³/mol. The average molecular weight is 243 g/mol. The number of rotatable bonds is 3. The van der Waals surface area contributed by atoms with Crippen molar-refractivity contribution in [1.29, 1.82) is 0 Å². The fraction of sp³-hybridized carbons (Fsp3) is 0.636. The monoisotopic (exact) mass is 243 g/mol. The van der Waals surface area contributed by atoms with Crippen LogP contribution in [0, 0.1) is 0 Å². The average Bonchev–Trinajstić information content (AvgIpc) is 2.29. The number of hydrogen-bond donors (Lipinski definition) is 0. The number of nitrogens with zero attached hydrogens (tertiary/aromatic N) is 1. The largest absolute Gasteiger partial charge is 0.463 e. The van der Waals surface area contributed by atoms with Crippen LogP contribution in [0.15, 0.2) is 12.3 Å². The lowest BCUT2D eigenvalue weighted by atomic mass is 10.3. The van der Waals surface area contributed by atoms with E-state index in [1.54, 1.807) is 6.92 Å². The Kier molecular flexibility index (Phi) is 5.48. The molecule has 0 bridgehead atoms. The Labute approximate surface area is 100 Å². The van der Waals surface area contributed by atoms with Crippen LogP contribution in [0.5, 0.6) is 0 Å². The first-order valence-electron chi connectivity index (χ1n) is 5.54. The lowest BCUT2D eigenvalue weighted by Gasteiger charge is -2.29. The minimum absolute atomic E-state index is 0.00494. The van der Waals surface area contributed by atoms with Crippen LogP contribution >= 0.6 is 0 Å². The molecule has 96 valence electrons. The molecule has 0 radical (unpaired) electrons. The van der Waals surface area contributed by atoms with Gasteiger partial charge in [-0.15, -0.1) is 0 Å². The summed E-state index contributed by atoms with van der Waals surface area (Å²) in [5, 5.41) is 0. The van der Waals surface area contributed by atoms with Gasteiger partial charge in [-0.2, -0.15) is 0 Å². The molecule has 1 unspecified atom stereocenters. The maximum Gasteiger partial charge on any atom is 0.414 e. The summed E-state index contributed by atoms with van der Waals surface area (Å²) in [5.41, 5.74) is 0. The number of carbonyl (C=O) groups is 2. The van der Waals surface area contributed by atoms with Crippen molar-refractivity contribution < 1.29 is 23.8 Å². The lowest BCUT2D eigenvalue weighted by molar-refractivity contribution is -0.137. The number of hydrogen-bond acceptors (Lipinski definition) is 5. The molecule has 1 atom stereocenters. The standard InChI is InChI=1S/C11H17NO5/c1-3-15-10(13)4-6-17-11(14)12-5-7-16-9(2)8-12/h4,6,9H,3,5,7-8H2,1-2H3. The predicted octanol–water partition coefficient (Wildman–Crippen LogP) is 0.921. The van der Waals surface area contributed by atoms with Crippen molar-refractivity contribution in [2.24, 2.45) is 0 Å². The maximum atomic E-state index is 11.5. The van der Waals surface area contributed by atoms with E-state index in [4.69, 9.17) is 9.47 Å². The van der Waals surface area contributed by atoms with Gasteiger partial charge in [-0.05, 0) is 13.8 Å². The van der Waals surface area contributed by atoms with Gasteiger partial charge in [-0.25, -0.2) is 9.59 Å². The van der Waals surface area contributed by atoms with Crippen molar-refractivity contribution in [3.8, 4) is 0 Å². The molecule has 0 aliphatic carbocycles. The van der Waals surface area contributed by atoms with Gasteiger partial charge in [-0.1, -0.05) is 0 Å². The van der Waals surface area contributed by atoms with E-state index >= 15 is 0 Å². The molecule has 1 saturated heterocycles. The third-order valence-electron chi connectivity index (χ3n) is 2.16. The second-order valence-electron chi connectivity index (χ2n) is 3.57. The van der Waals surface area contributed by atoms with Gasteiger partial charge in [0.25, 0.3) is 0 Å². The summed E-state index contributed by atoms with van der Waals surface area (Å²) < 4.78 is 14.7. The Hall–Kier alpha value is -1.56. The Balaban J connectivity index is 2.31. The molecule has 1 amide bonds. The number of amides is 1. The summed E-state index contributed by atoms with van der Waals surface area (Å²) in [6, 6.07) is 0. The Bertz CT molecular complexity index is 302. The van der Waals surface area contributed by atoms with Crippen molar-refractivity contribution in [3.63, 3.8) is 0 Å².